The minimum atomic E-state index is -0.746. The second kappa shape index (κ2) is 8.00. The van der Waals surface area contributed by atoms with Crippen molar-refractivity contribution in [3.8, 4) is 0 Å². The fourth-order valence-corrected chi connectivity index (χ4v) is 4.75. The molecule has 2 fully saturated rings. The smallest absolute Gasteiger partial charge is 0.346 e. The summed E-state index contributed by atoms with van der Waals surface area (Å²) in [5.41, 5.74) is -1.75. The maximum Gasteiger partial charge on any atom is 0.346 e. The summed E-state index contributed by atoms with van der Waals surface area (Å²) in [4.78, 5) is 37.8. The number of esters is 1. The Kier molecular flexibility index (Phi) is 5.92. The highest BCUT2D eigenvalue weighted by Gasteiger charge is 2.38. The molecule has 3 rings (SSSR count). The molecule has 1 aromatic rings. The molecular weight excluding hydrogens is 356 g/mol. The van der Waals surface area contributed by atoms with Crippen molar-refractivity contribution in [2.75, 3.05) is 5.75 Å². The zero-order valence-corrected chi connectivity index (χ0v) is 16.2. The van der Waals surface area contributed by atoms with E-state index in [4.69, 9.17) is 9.47 Å². The number of H-pyrrole nitrogens is 1. The van der Waals surface area contributed by atoms with Crippen LogP contribution in [-0.4, -0.2) is 32.8 Å². The third kappa shape index (κ3) is 4.23. The predicted molar refractivity (Wildman–Crippen MR) is 98.9 cm³/mol. The molecule has 26 heavy (non-hydrogen) atoms. The lowest BCUT2D eigenvalue weighted by Gasteiger charge is -2.37. The fraction of sp³-hybridized carbons (Fsp3) is 0.722. The minimum Gasteiger partial charge on any atom is -0.459 e. The van der Waals surface area contributed by atoms with Crippen molar-refractivity contribution in [3.63, 3.8) is 0 Å². The number of carbonyl (C=O) groups excluding carboxylic acids is 1. The topological polar surface area (TPSA) is 90.4 Å². The Morgan fingerprint density at radius 3 is 2.85 bits per heavy atom. The van der Waals surface area contributed by atoms with E-state index in [1.165, 1.54) is 35.0 Å². The number of hydrogen-bond donors (Lipinski definition) is 1. The molecule has 8 heteroatoms. The summed E-state index contributed by atoms with van der Waals surface area (Å²) in [6.45, 7) is 6.53. The fourth-order valence-electron chi connectivity index (χ4n) is 3.77. The third-order valence-corrected chi connectivity index (χ3v) is 6.34. The molecule has 0 amide bonds. The van der Waals surface area contributed by atoms with E-state index in [-0.39, 0.29) is 12.1 Å². The van der Waals surface area contributed by atoms with Gasteiger partial charge >= 0.3 is 11.7 Å². The maximum absolute atomic E-state index is 12.6. The normalized spacial score (nSPS) is 31.9. The molecule has 2 heterocycles. The molecule has 1 aliphatic carbocycles. The van der Waals surface area contributed by atoms with Gasteiger partial charge in [0, 0.05) is 18.0 Å². The van der Waals surface area contributed by atoms with Crippen molar-refractivity contribution in [1.82, 2.24) is 9.55 Å². The highest BCUT2D eigenvalue weighted by molar-refractivity contribution is 8.00. The Bertz CT molecular complexity index is 758. The Morgan fingerprint density at radius 1 is 1.38 bits per heavy atom. The second-order valence-electron chi connectivity index (χ2n) is 7.57. The molecule has 0 aromatic carbocycles. The van der Waals surface area contributed by atoms with Gasteiger partial charge < -0.3 is 9.47 Å². The number of nitrogens with one attached hydrogen (secondary N) is 1. The van der Waals surface area contributed by atoms with Gasteiger partial charge in [-0.15, -0.1) is 11.8 Å². The minimum absolute atomic E-state index is 0.0784. The SMILES string of the molecule is CC(C)[C@@H]1CC[C@@H](C)C[C@H]1OC(=O)[C@@H]1O[C@H](n2ccc(=O)[nH]c2=O)CS1. The molecule has 0 spiro atoms. The van der Waals surface area contributed by atoms with Gasteiger partial charge in [-0.2, -0.15) is 0 Å². The van der Waals surface area contributed by atoms with E-state index in [0.29, 0.717) is 23.5 Å². The zero-order valence-electron chi connectivity index (χ0n) is 15.3. The quantitative estimate of drug-likeness (QED) is 0.803. The van der Waals surface area contributed by atoms with Crippen LogP contribution < -0.4 is 11.2 Å². The van der Waals surface area contributed by atoms with E-state index < -0.39 is 22.9 Å². The molecular formula is C18H26N2O5S. The van der Waals surface area contributed by atoms with Crippen molar-refractivity contribution in [2.45, 2.75) is 57.8 Å². The van der Waals surface area contributed by atoms with E-state index in [1.807, 2.05) is 0 Å². The first-order valence-electron chi connectivity index (χ1n) is 9.14. The molecule has 7 nitrogen and oxygen atoms in total. The zero-order chi connectivity index (χ0) is 18.8. The largest absolute Gasteiger partial charge is 0.459 e. The lowest BCUT2D eigenvalue weighted by Crippen LogP contribution is -2.38. The van der Waals surface area contributed by atoms with Gasteiger partial charge in [0.1, 0.15) is 12.3 Å². The molecule has 144 valence electrons. The van der Waals surface area contributed by atoms with Gasteiger partial charge in [-0.05, 0) is 30.6 Å². The molecule has 1 aromatic heterocycles. The first-order valence-corrected chi connectivity index (χ1v) is 10.2. The van der Waals surface area contributed by atoms with E-state index >= 15 is 0 Å². The van der Waals surface area contributed by atoms with Crippen LogP contribution in [-0.2, 0) is 14.3 Å². The van der Waals surface area contributed by atoms with Gasteiger partial charge in [0.2, 0.25) is 5.44 Å². The van der Waals surface area contributed by atoms with Crippen molar-refractivity contribution >= 4 is 17.7 Å². The van der Waals surface area contributed by atoms with Crippen molar-refractivity contribution in [3.05, 3.63) is 33.1 Å². The van der Waals surface area contributed by atoms with Crippen LogP contribution in [0.15, 0.2) is 21.9 Å². The van der Waals surface area contributed by atoms with E-state index in [9.17, 15) is 14.4 Å². The molecule has 0 radical (unpaired) electrons. The third-order valence-electron chi connectivity index (χ3n) is 5.25. The Hall–Kier alpha value is -1.54. The first kappa shape index (κ1) is 19.2. The number of aromatic amines is 1. The van der Waals surface area contributed by atoms with Crippen LogP contribution in [0.25, 0.3) is 0 Å². The van der Waals surface area contributed by atoms with Crippen LogP contribution in [0, 0.1) is 17.8 Å². The molecule has 0 bridgehead atoms. The summed E-state index contributed by atoms with van der Waals surface area (Å²) in [5.74, 6) is 1.46. The molecule has 1 N–H and O–H groups in total. The number of thioether (sulfide) groups is 1. The summed E-state index contributed by atoms with van der Waals surface area (Å²) in [5, 5.41) is 0. The van der Waals surface area contributed by atoms with Gasteiger partial charge in [-0.3, -0.25) is 14.3 Å². The summed E-state index contributed by atoms with van der Waals surface area (Å²) in [7, 11) is 0. The van der Waals surface area contributed by atoms with Gasteiger partial charge in [-0.25, -0.2) is 9.59 Å². The Balaban J connectivity index is 1.63. The molecule has 1 saturated heterocycles. The summed E-state index contributed by atoms with van der Waals surface area (Å²) in [6.07, 6.45) is 3.85. The molecule has 0 unspecified atom stereocenters. The van der Waals surface area contributed by atoms with Crippen molar-refractivity contribution in [1.29, 1.82) is 0 Å². The maximum atomic E-state index is 12.6. The average molecular weight is 382 g/mol. The van der Waals surface area contributed by atoms with Crippen LogP contribution >= 0.6 is 11.8 Å². The molecule has 1 saturated carbocycles. The summed E-state index contributed by atoms with van der Waals surface area (Å²) in [6, 6.07) is 1.26. The molecule has 2 aliphatic rings. The van der Waals surface area contributed by atoms with Crippen LogP contribution in [0.3, 0.4) is 0 Å². The Morgan fingerprint density at radius 2 is 2.15 bits per heavy atom. The Labute approximate surface area is 156 Å². The molecule has 5 atom stereocenters. The molecule has 1 aliphatic heterocycles. The van der Waals surface area contributed by atoms with Gasteiger partial charge in [-0.1, -0.05) is 27.2 Å². The van der Waals surface area contributed by atoms with Crippen LogP contribution in [0.4, 0.5) is 0 Å². The predicted octanol–water partition coefficient (Wildman–Crippen LogP) is 2.13. The second-order valence-corrected chi connectivity index (χ2v) is 8.67. The lowest BCUT2D eigenvalue weighted by molar-refractivity contribution is -0.166. The number of carbonyl (C=O) groups is 1. The van der Waals surface area contributed by atoms with Crippen LogP contribution in [0.1, 0.15) is 46.3 Å². The summed E-state index contributed by atoms with van der Waals surface area (Å²) < 4.78 is 12.8. The lowest BCUT2D eigenvalue weighted by atomic mass is 9.75. The highest BCUT2D eigenvalue weighted by Crippen LogP contribution is 2.37. The van der Waals surface area contributed by atoms with Crippen LogP contribution in [0.5, 0.6) is 0 Å². The van der Waals surface area contributed by atoms with E-state index in [1.54, 1.807) is 0 Å². The number of hydrogen-bond acceptors (Lipinski definition) is 6. The number of nitrogens with zero attached hydrogens (tertiary/aromatic N) is 1. The standard InChI is InChI=1S/C18H26N2O5S/c1-10(2)12-5-4-11(3)8-13(12)24-16(22)17-25-15(9-26-17)20-7-6-14(21)19-18(20)23/h6-7,10-13,15,17H,4-5,8-9H2,1-3H3,(H,19,21,23)/t11-,12+,13-,15+,17-/m1/s1. The number of rotatable bonds is 4. The van der Waals surface area contributed by atoms with Gasteiger partial charge in [0.05, 0.1) is 0 Å². The van der Waals surface area contributed by atoms with Gasteiger partial charge in [0.15, 0.2) is 0 Å². The van der Waals surface area contributed by atoms with E-state index in [0.717, 1.165) is 12.8 Å². The van der Waals surface area contributed by atoms with Crippen molar-refractivity contribution in [2.24, 2.45) is 17.8 Å². The van der Waals surface area contributed by atoms with E-state index in [2.05, 4.69) is 25.8 Å². The van der Waals surface area contributed by atoms with Gasteiger partial charge in [0.25, 0.3) is 5.56 Å². The monoisotopic (exact) mass is 382 g/mol. The van der Waals surface area contributed by atoms with Crippen LogP contribution in [0.2, 0.25) is 0 Å². The van der Waals surface area contributed by atoms with Crippen molar-refractivity contribution < 1.29 is 14.3 Å². The number of aromatic nitrogens is 2. The first-order chi connectivity index (χ1) is 12.3. The highest BCUT2D eigenvalue weighted by atomic mass is 32.2. The summed E-state index contributed by atoms with van der Waals surface area (Å²) >= 11 is 1.32. The average Bonchev–Trinajstić information content (AvgIpc) is 3.04. The number of ether oxygens (including phenoxy) is 2.